The van der Waals surface area contributed by atoms with Gasteiger partial charge in [0.1, 0.15) is 5.76 Å². The van der Waals surface area contributed by atoms with Crippen molar-refractivity contribution >= 4 is 5.91 Å². The maximum absolute atomic E-state index is 11.7. The number of allylic oxidation sites excluding steroid dienone is 3. The number of furan rings is 1. The van der Waals surface area contributed by atoms with E-state index in [0.717, 1.165) is 12.0 Å². The van der Waals surface area contributed by atoms with Crippen molar-refractivity contribution in [3.8, 4) is 0 Å². The van der Waals surface area contributed by atoms with Gasteiger partial charge in [0.05, 0.1) is 0 Å². The molecule has 3 nitrogen and oxygen atoms in total. The molecule has 0 radical (unpaired) electrons. The third kappa shape index (κ3) is 4.15. The number of carbonyl (C=O) groups excluding carboxylic acids is 1. The number of amides is 1. The maximum Gasteiger partial charge on any atom is 0.291 e. The van der Waals surface area contributed by atoms with E-state index in [1.165, 1.54) is 0 Å². The second-order valence-electron chi connectivity index (χ2n) is 3.73. The van der Waals surface area contributed by atoms with Gasteiger partial charge in [-0.25, -0.2) is 0 Å². The van der Waals surface area contributed by atoms with E-state index >= 15 is 0 Å². The third-order valence-corrected chi connectivity index (χ3v) is 2.21. The molecule has 0 aliphatic heterocycles. The van der Waals surface area contributed by atoms with E-state index in [2.05, 4.69) is 18.5 Å². The van der Waals surface area contributed by atoms with Crippen LogP contribution in [0.15, 0.2) is 53.1 Å². The SMILES string of the molecule is C=C(/C=C\C(=C)NC(=O)c1ccc(C)o1)CC. The van der Waals surface area contributed by atoms with Gasteiger partial charge in [-0.05, 0) is 31.6 Å². The molecule has 1 amide bonds. The summed E-state index contributed by atoms with van der Waals surface area (Å²) in [6.45, 7) is 11.4. The van der Waals surface area contributed by atoms with Crippen molar-refractivity contribution in [1.29, 1.82) is 0 Å². The first-order valence-electron chi connectivity index (χ1n) is 5.45. The molecule has 0 spiro atoms. The highest BCUT2D eigenvalue weighted by Crippen LogP contribution is 2.07. The molecule has 1 aromatic heterocycles. The van der Waals surface area contributed by atoms with Crippen molar-refractivity contribution in [2.75, 3.05) is 0 Å². The van der Waals surface area contributed by atoms with Crippen LogP contribution in [-0.2, 0) is 0 Å². The topological polar surface area (TPSA) is 42.2 Å². The number of rotatable bonds is 5. The van der Waals surface area contributed by atoms with Crippen LogP contribution in [0.25, 0.3) is 0 Å². The van der Waals surface area contributed by atoms with Gasteiger partial charge in [-0.3, -0.25) is 4.79 Å². The van der Waals surface area contributed by atoms with Crippen LogP contribution in [0.3, 0.4) is 0 Å². The molecule has 0 saturated heterocycles. The zero-order chi connectivity index (χ0) is 12.8. The maximum atomic E-state index is 11.7. The normalized spacial score (nSPS) is 10.5. The van der Waals surface area contributed by atoms with Gasteiger partial charge in [-0.2, -0.15) is 0 Å². The molecule has 0 aliphatic rings. The first-order chi connectivity index (χ1) is 8.02. The summed E-state index contributed by atoms with van der Waals surface area (Å²) in [4.78, 5) is 11.7. The van der Waals surface area contributed by atoms with Crippen LogP contribution in [-0.4, -0.2) is 5.91 Å². The molecule has 1 aromatic rings. The summed E-state index contributed by atoms with van der Waals surface area (Å²) in [5.74, 6) is 0.692. The molecule has 0 fully saturated rings. The van der Waals surface area contributed by atoms with E-state index in [1.54, 1.807) is 25.1 Å². The number of hydrogen-bond donors (Lipinski definition) is 1. The molecule has 1 heterocycles. The Morgan fingerprint density at radius 1 is 1.41 bits per heavy atom. The van der Waals surface area contributed by atoms with Gasteiger partial charge in [0, 0.05) is 5.70 Å². The highest BCUT2D eigenvalue weighted by molar-refractivity contribution is 5.92. The second-order valence-corrected chi connectivity index (χ2v) is 3.73. The Morgan fingerprint density at radius 3 is 2.65 bits per heavy atom. The molecular weight excluding hydrogens is 214 g/mol. The van der Waals surface area contributed by atoms with E-state index in [4.69, 9.17) is 4.42 Å². The monoisotopic (exact) mass is 231 g/mol. The fourth-order valence-corrected chi connectivity index (χ4v) is 1.14. The Labute approximate surface area is 102 Å². The lowest BCUT2D eigenvalue weighted by molar-refractivity contribution is 0.0938. The average molecular weight is 231 g/mol. The molecular formula is C14H17NO2. The highest BCUT2D eigenvalue weighted by atomic mass is 16.3. The van der Waals surface area contributed by atoms with Crippen LogP contribution in [0.5, 0.6) is 0 Å². The summed E-state index contributed by atoms with van der Waals surface area (Å²) < 4.78 is 5.20. The van der Waals surface area contributed by atoms with Crippen LogP contribution in [0.2, 0.25) is 0 Å². The molecule has 0 aliphatic carbocycles. The first-order valence-corrected chi connectivity index (χ1v) is 5.45. The summed E-state index contributed by atoms with van der Waals surface area (Å²) >= 11 is 0. The van der Waals surface area contributed by atoms with Crippen LogP contribution >= 0.6 is 0 Å². The van der Waals surface area contributed by atoms with E-state index in [-0.39, 0.29) is 11.7 Å². The van der Waals surface area contributed by atoms with Crippen LogP contribution in [0, 0.1) is 6.92 Å². The lowest BCUT2D eigenvalue weighted by Gasteiger charge is -2.02. The molecule has 90 valence electrons. The minimum absolute atomic E-state index is 0.284. The Morgan fingerprint density at radius 2 is 2.12 bits per heavy atom. The van der Waals surface area contributed by atoms with Crippen LogP contribution in [0.1, 0.15) is 29.7 Å². The van der Waals surface area contributed by atoms with Crippen molar-refractivity contribution in [3.05, 3.63) is 60.2 Å². The quantitative estimate of drug-likeness (QED) is 0.789. The van der Waals surface area contributed by atoms with Crippen molar-refractivity contribution in [1.82, 2.24) is 5.32 Å². The zero-order valence-corrected chi connectivity index (χ0v) is 10.2. The Balaban J connectivity index is 2.55. The molecule has 0 saturated carbocycles. The van der Waals surface area contributed by atoms with Gasteiger partial charge in [0.25, 0.3) is 5.91 Å². The number of nitrogens with one attached hydrogen (secondary N) is 1. The molecule has 0 unspecified atom stereocenters. The van der Waals surface area contributed by atoms with Gasteiger partial charge >= 0.3 is 0 Å². The molecule has 0 aromatic carbocycles. The minimum Gasteiger partial charge on any atom is -0.456 e. The minimum atomic E-state index is -0.296. The van der Waals surface area contributed by atoms with Crippen LogP contribution < -0.4 is 5.32 Å². The van der Waals surface area contributed by atoms with Crippen LogP contribution in [0.4, 0.5) is 0 Å². The zero-order valence-electron chi connectivity index (χ0n) is 10.2. The third-order valence-electron chi connectivity index (χ3n) is 2.21. The van der Waals surface area contributed by atoms with Gasteiger partial charge in [0.2, 0.25) is 0 Å². The predicted octanol–water partition coefficient (Wildman–Crippen LogP) is 3.35. The van der Waals surface area contributed by atoms with Gasteiger partial charge in [-0.1, -0.05) is 31.7 Å². The molecule has 17 heavy (non-hydrogen) atoms. The van der Waals surface area contributed by atoms with E-state index < -0.39 is 0 Å². The Bertz CT molecular complexity index is 466. The lowest BCUT2D eigenvalue weighted by Crippen LogP contribution is -2.20. The van der Waals surface area contributed by atoms with Gasteiger partial charge in [0.15, 0.2) is 5.76 Å². The fourth-order valence-electron chi connectivity index (χ4n) is 1.14. The van der Waals surface area contributed by atoms with Gasteiger partial charge < -0.3 is 9.73 Å². The van der Waals surface area contributed by atoms with E-state index in [9.17, 15) is 4.79 Å². The van der Waals surface area contributed by atoms with E-state index in [1.807, 2.05) is 13.0 Å². The summed E-state index contributed by atoms with van der Waals surface area (Å²) in [6, 6.07) is 3.37. The molecule has 1 N–H and O–H groups in total. The second kappa shape index (κ2) is 5.89. The van der Waals surface area contributed by atoms with Crippen molar-refractivity contribution in [3.63, 3.8) is 0 Å². The van der Waals surface area contributed by atoms with Crippen molar-refractivity contribution in [2.45, 2.75) is 20.3 Å². The number of aryl methyl sites for hydroxylation is 1. The number of carbonyl (C=O) groups is 1. The van der Waals surface area contributed by atoms with Crippen molar-refractivity contribution in [2.24, 2.45) is 0 Å². The largest absolute Gasteiger partial charge is 0.456 e. The molecule has 0 bridgehead atoms. The summed E-state index contributed by atoms with van der Waals surface area (Å²) in [6.07, 6.45) is 4.42. The smallest absolute Gasteiger partial charge is 0.291 e. The fraction of sp³-hybridized carbons (Fsp3) is 0.214. The summed E-state index contributed by atoms with van der Waals surface area (Å²) in [7, 11) is 0. The standard InChI is InChI=1S/C14H17NO2/c1-5-10(2)6-7-11(3)15-14(16)13-9-8-12(4)17-13/h6-9H,2-3,5H2,1,4H3,(H,15,16)/b7-6-. The highest BCUT2D eigenvalue weighted by Gasteiger charge is 2.09. The average Bonchev–Trinajstić information content (AvgIpc) is 2.72. The van der Waals surface area contributed by atoms with E-state index in [0.29, 0.717) is 11.5 Å². The summed E-state index contributed by atoms with van der Waals surface area (Å²) in [5.41, 5.74) is 1.49. The van der Waals surface area contributed by atoms with Gasteiger partial charge in [-0.15, -0.1) is 0 Å². The molecule has 1 rings (SSSR count). The summed E-state index contributed by atoms with van der Waals surface area (Å²) in [5, 5.41) is 2.63. The Hall–Kier alpha value is -2.03. The first kappa shape index (κ1) is 13.0. The van der Waals surface area contributed by atoms with Crippen molar-refractivity contribution < 1.29 is 9.21 Å². The predicted molar refractivity (Wildman–Crippen MR) is 68.6 cm³/mol. The Kier molecular flexibility index (Phi) is 4.52. The molecule has 3 heteroatoms. The molecule has 0 atom stereocenters. The lowest BCUT2D eigenvalue weighted by atomic mass is 10.2. The number of hydrogen-bond acceptors (Lipinski definition) is 2.